The lowest BCUT2D eigenvalue weighted by Crippen LogP contribution is -2.36. The summed E-state index contributed by atoms with van der Waals surface area (Å²) in [6.07, 6.45) is -26.6. The van der Waals surface area contributed by atoms with E-state index in [1.165, 1.54) is 47.5 Å². The van der Waals surface area contributed by atoms with Crippen LogP contribution in [0.5, 0.6) is 0 Å². The molecule has 23 N–H and O–H groups in total. The summed E-state index contributed by atoms with van der Waals surface area (Å²) in [6, 6.07) is 3.26. The third-order valence-corrected chi connectivity index (χ3v) is 29.0. The molecule has 9 saturated heterocycles. The molecule has 30 atom stereocenters. The number of aliphatic hydroxyl groups excluding tert-OH is 6. The van der Waals surface area contributed by atoms with Crippen molar-refractivity contribution >= 4 is 137 Å². The number of H-pyrrole nitrogens is 3. The maximum atomic E-state index is 13.3. The summed E-state index contributed by atoms with van der Waals surface area (Å²) in [7, 11) is -29.0. The minimum Gasteiger partial charge on any atom is -0.397 e. The van der Waals surface area contributed by atoms with Crippen molar-refractivity contribution in [2.45, 2.75) is 167 Å². The quantitative estimate of drug-likeness (QED) is 0.0571. The van der Waals surface area contributed by atoms with Crippen LogP contribution in [0.2, 0.25) is 0 Å². The van der Waals surface area contributed by atoms with E-state index >= 15 is 0 Å². The lowest BCUT2D eigenvalue weighted by Gasteiger charge is -2.25. The van der Waals surface area contributed by atoms with Crippen molar-refractivity contribution in [3.8, 4) is 0 Å². The Hall–Kier alpha value is -9.89. The summed E-state index contributed by atoms with van der Waals surface area (Å²) in [4.78, 5) is 157. The van der Waals surface area contributed by atoms with Crippen molar-refractivity contribution in [3.05, 3.63) is 105 Å². The number of anilines is 4. The highest BCUT2D eigenvalue weighted by Crippen LogP contribution is 2.59. The summed E-state index contributed by atoms with van der Waals surface area (Å²) >= 11 is 0. The number of nitrogen functional groups attached to an aromatic ring is 4. The van der Waals surface area contributed by atoms with E-state index in [0.29, 0.717) is 41.8 Å². The number of fused-ring (bicyclic) bond motifs is 15. The molecule has 9 fully saturated rings. The zero-order valence-corrected chi connectivity index (χ0v) is 76.1. The second kappa shape index (κ2) is 37.8. The summed E-state index contributed by atoms with van der Waals surface area (Å²) in [5.74, 6) is -0.841. The number of phosphoric ester groups is 6. The van der Waals surface area contributed by atoms with E-state index < -0.39 is 250 Å². The first-order valence-corrected chi connectivity index (χ1v) is 50.0. The summed E-state index contributed by atoms with van der Waals surface area (Å²) in [5.41, 5.74) is 23.3. The first-order chi connectivity index (χ1) is 66.0. The van der Waals surface area contributed by atoms with E-state index in [2.05, 4.69) is 85.1 Å². The molecule has 9 aliphatic rings. The van der Waals surface area contributed by atoms with Crippen LogP contribution in [0, 0.1) is 0 Å². The van der Waals surface area contributed by atoms with Gasteiger partial charge in [0.05, 0.1) is 89.3 Å². The van der Waals surface area contributed by atoms with Gasteiger partial charge in [0, 0.05) is 25.9 Å². The van der Waals surface area contributed by atoms with Gasteiger partial charge in [0.1, 0.15) is 127 Å². The van der Waals surface area contributed by atoms with Gasteiger partial charge >= 0.3 is 46.9 Å². The molecule has 6 unspecified atom stereocenters. The molecule has 6 bridgehead atoms. The number of aromatic nitrogens is 23. The van der Waals surface area contributed by atoms with Gasteiger partial charge in [-0.3, -0.25) is 106 Å². The third-order valence-electron chi connectivity index (χ3n) is 23.1. The van der Waals surface area contributed by atoms with Crippen molar-refractivity contribution in [3.63, 3.8) is 0 Å². The normalized spacial score (nSPS) is 37.0. The molecule has 73 heteroatoms. The van der Waals surface area contributed by atoms with E-state index in [9.17, 15) is 102 Å². The van der Waals surface area contributed by atoms with Crippen LogP contribution in [-0.4, -0.2) is 336 Å². The average Bonchev–Trinajstić information content (AvgIpc) is 1.61. The fourth-order valence-corrected chi connectivity index (χ4v) is 22.3. The number of methoxy groups -OCH3 is 1. The van der Waals surface area contributed by atoms with Crippen molar-refractivity contribution in [1.82, 2.24) is 113 Å². The second-order valence-electron chi connectivity index (χ2n) is 31.8. The number of phosphoric acid groups is 6. The van der Waals surface area contributed by atoms with Crippen LogP contribution in [0.15, 0.2) is 76.9 Å². The largest absolute Gasteiger partial charge is 0.472 e. The highest BCUT2D eigenvalue weighted by Gasteiger charge is 2.60. The van der Waals surface area contributed by atoms with Crippen LogP contribution >= 0.6 is 46.9 Å². The Morgan fingerprint density at radius 3 is 1.09 bits per heavy atom. The fraction of sp³-hybridized carbons (Fsp3) is 0.530. The number of imidazole rings is 5. The molecule has 0 aliphatic carbocycles. The van der Waals surface area contributed by atoms with Crippen LogP contribution in [0.3, 0.4) is 0 Å². The van der Waals surface area contributed by atoms with Crippen molar-refractivity contribution in [1.29, 1.82) is 0 Å². The van der Waals surface area contributed by atoms with Gasteiger partial charge in [-0.25, -0.2) is 72.2 Å². The van der Waals surface area contributed by atoms with Gasteiger partial charge in [0.2, 0.25) is 17.8 Å². The zero-order chi connectivity index (χ0) is 98.3. The Labute approximate surface area is 770 Å². The summed E-state index contributed by atoms with van der Waals surface area (Å²) < 4.78 is 189. The molecule has 0 radical (unpaired) electrons. The van der Waals surface area contributed by atoms with E-state index in [0.717, 1.165) is 42.9 Å². The number of aliphatic hydroxyl groups is 6. The molecular formula is C66H81N27O40P6. The number of aromatic amines is 3. The van der Waals surface area contributed by atoms with Gasteiger partial charge < -0.3 is 116 Å². The van der Waals surface area contributed by atoms with E-state index in [-0.39, 0.29) is 73.8 Å². The van der Waals surface area contributed by atoms with Gasteiger partial charge in [0.25, 0.3) is 16.7 Å². The van der Waals surface area contributed by atoms with Crippen LogP contribution in [0.1, 0.15) is 55.5 Å². The number of pyridine rings is 2. The van der Waals surface area contributed by atoms with Gasteiger partial charge in [-0.2, -0.15) is 19.6 Å². The van der Waals surface area contributed by atoms with Crippen LogP contribution < -0.4 is 39.6 Å². The van der Waals surface area contributed by atoms with E-state index in [4.69, 9.17) is 110 Å². The molecule has 9 aliphatic heterocycles. The molecular weight excluding hydrogens is 2000 g/mol. The zero-order valence-electron chi connectivity index (χ0n) is 70.7. The maximum Gasteiger partial charge on any atom is 0.472 e. The SMILES string of the molecule is CCc1ccnc2c1ncn2[C@@H]1O[C@@H]2COP(=O)(O)O[C@@H]3[C@H](O)[C@@H](COP(=O)(O)O[C@H]2[C@H]1O)O[C@H]3n1cnc2c(=O)[nH]c(N)nc21.COCCc1ncnc2c1ncn2[C@@H]1O[C@@H]2COP(=O)(O)O[C@@H]3[C@H](O)[C@@H](COP(=O)(O)O[C@H]2[C@H]1O)O[C@H]3n1cnc2c(=O)[nH]c(N)nc21.Nc1nc2c(ncn2[C@@H]2O[C@@H]3COP(=O)(O)O[C@H]4[C@@H](O)[C@H](n5nnc6c(N)ccnc65)O[C@@H]4COP(=O)(O)O[C@@H]2[C@@H]3O)c(=O)[nH]1. The van der Waals surface area contributed by atoms with Gasteiger partial charge in [-0.1, -0.05) is 12.1 Å². The molecule has 0 saturated carbocycles. The average molecular weight is 2080 g/mol. The smallest absolute Gasteiger partial charge is 0.397 e. The van der Waals surface area contributed by atoms with Crippen molar-refractivity contribution in [2.75, 3.05) is 76.3 Å². The first kappa shape index (κ1) is 97.9. The molecule has 0 spiro atoms. The van der Waals surface area contributed by atoms with Crippen LogP contribution in [-0.2, 0) is 128 Å². The molecule has 21 rings (SSSR count). The Bertz CT molecular complexity index is 7190. The lowest BCUT2D eigenvalue weighted by molar-refractivity contribution is -0.0691. The van der Waals surface area contributed by atoms with E-state index in [1.807, 2.05) is 6.92 Å². The van der Waals surface area contributed by atoms with Crippen LogP contribution in [0.25, 0.3) is 67.0 Å². The molecule has 0 aromatic carbocycles. The topological polar surface area (TPSA) is 933 Å². The molecule has 139 heavy (non-hydrogen) atoms. The highest BCUT2D eigenvalue weighted by molar-refractivity contribution is 7.48. The molecule has 0 amide bonds. The lowest BCUT2D eigenvalue weighted by atomic mass is 10.1. The summed E-state index contributed by atoms with van der Waals surface area (Å²) in [6.45, 7) is -2.63. The fourth-order valence-electron chi connectivity index (χ4n) is 16.7. The number of hydrogen-bond acceptors (Lipinski definition) is 52. The number of rotatable bonds is 10. The molecule has 750 valence electrons. The predicted molar refractivity (Wildman–Crippen MR) is 449 cm³/mol. The predicted octanol–water partition coefficient (Wildman–Crippen LogP) is -4.83. The Morgan fingerprint density at radius 1 is 0.381 bits per heavy atom. The molecule has 12 aromatic rings. The summed E-state index contributed by atoms with van der Waals surface area (Å²) in [5, 5.41) is 74.5. The Morgan fingerprint density at radius 2 is 0.705 bits per heavy atom. The van der Waals surface area contributed by atoms with Crippen molar-refractivity contribution in [2.24, 2.45) is 0 Å². The molecule has 12 aromatic heterocycles. The standard InChI is InChI=1S/C23H29N9O14P2.C23H28N8O13P2.C20H24N10O13P2/c1-40-3-2-9-12-18(26-6-25-9)31(7-27-12)21-15(34)16-11(44-21)5-42-48(38,39)46-17-14(33)10(4-41-47(36,37)45-16)43-22(17)32-8-28-13-19(32)29-23(24)30-20(13)35;1-2-9-3-4-25-18-12(9)26-7-30(18)21-15(33)16-11(42-21)6-40-46(37,38)44-17-14(32)10(5-39-45(35,36)43-16)41-22(17)31-8-27-13-19(31)28-23(24)29-20(13)34;21-6-1-2-23-15-9(6)27-28-30(15)18-12(32)13-8(41-18)4-39-45(36,37)43-14-11(31)7(3-38-44(34,35)42-13)40-19(14)29-5-24-10-16(29)25-20(22)26-17(10)33/h6-8,10-11,14-17,21-22,33-34H,2-5H2,1H3,(H,36,37)(H,38,39)(H3,24,29,30,35);3-4,7-8,10-11,14-17,21-22,32-33H,2,5-6H2,1H3,(H,35,36)(H,37,38)(H3,24,28,29,34);1-2,5,7-8,11-14,18-19,31-32H,3-4H2,(H2,21,23)(H,34,35)(H,36,37)(H3,22,25,26,33)/t2*10-,11-,14-,15-,16-,17-,21-,22-;7-,8-,11-,12-,13-,14-,18-,19-/m111/s1. The first-order valence-electron chi connectivity index (χ1n) is 41.1. The number of ether oxygens (including phenoxy) is 7. The number of hydrogen-bond donors (Lipinski definition) is 19. The Balaban J connectivity index is 0.000000133. The number of aryl methyl sites for hydroxylation is 1. The van der Waals surface area contributed by atoms with Gasteiger partial charge in [0.15, 0.2) is 93.3 Å². The second-order valence-corrected chi connectivity index (χ2v) is 40.2. The van der Waals surface area contributed by atoms with Gasteiger partial charge in [-0.15, -0.1) is 5.10 Å². The number of nitrogens with zero attached hydrogens (tertiary/aromatic N) is 20. The molecule has 67 nitrogen and oxygen atoms in total. The highest BCUT2D eigenvalue weighted by atomic mass is 31.2. The monoisotopic (exact) mass is 2080 g/mol. The van der Waals surface area contributed by atoms with Crippen LogP contribution in [0.4, 0.5) is 23.5 Å². The molecule has 21 heterocycles. The Kier molecular flexibility index (Phi) is 26.6. The van der Waals surface area contributed by atoms with E-state index in [1.54, 1.807) is 12.3 Å². The third kappa shape index (κ3) is 19.2. The minimum atomic E-state index is -5.12. The van der Waals surface area contributed by atoms with Crippen molar-refractivity contribution < 1.29 is 175 Å². The number of nitrogens with two attached hydrogens (primary N) is 4. The maximum absolute atomic E-state index is 13.3. The number of nitrogens with one attached hydrogen (secondary N) is 3. The minimum absolute atomic E-state index is 0.0902. The van der Waals surface area contributed by atoms with Gasteiger partial charge in [-0.05, 0) is 24.1 Å².